The number of aromatic amines is 1. The van der Waals surface area contributed by atoms with Gasteiger partial charge in [0.1, 0.15) is 17.3 Å². The molecule has 0 spiro atoms. The third kappa shape index (κ3) is 3.24. The summed E-state index contributed by atoms with van der Waals surface area (Å²) >= 11 is 0. The van der Waals surface area contributed by atoms with Gasteiger partial charge in [0.05, 0.1) is 13.4 Å². The summed E-state index contributed by atoms with van der Waals surface area (Å²) < 4.78 is 7.43. The van der Waals surface area contributed by atoms with Gasteiger partial charge in [-0.15, -0.1) is 0 Å². The van der Waals surface area contributed by atoms with Gasteiger partial charge in [-0.1, -0.05) is 30.3 Å². The van der Waals surface area contributed by atoms with Crippen molar-refractivity contribution >= 4 is 22.8 Å². The number of hydrogen-bond donors (Lipinski definition) is 1. The van der Waals surface area contributed by atoms with Crippen LogP contribution in [0.5, 0.6) is 5.75 Å². The number of aryl methyl sites for hydroxylation is 1. The van der Waals surface area contributed by atoms with Crippen molar-refractivity contribution in [3.8, 4) is 5.75 Å². The third-order valence-corrected chi connectivity index (χ3v) is 7.35. The van der Waals surface area contributed by atoms with Crippen LogP contribution in [0.4, 0.5) is 4.79 Å². The van der Waals surface area contributed by atoms with E-state index in [0.717, 1.165) is 33.5 Å². The number of benzene rings is 2. The molecule has 6 rings (SSSR count). The van der Waals surface area contributed by atoms with Crippen molar-refractivity contribution in [2.45, 2.75) is 37.9 Å². The maximum atomic E-state index is 13.8. The number of amides is 3. The number of imidazole rings is 1. The van der Waals surface area contributed by atoms with Crippen LogP contribution in [0.3, 0.4) is 0 Å². The normalized spacial score (nSPS) is 21.5. The minimum atomic E-state index is -0.974. The van der Waals surface area contributed by atoms with E-state index in [1.807, 2.05) is 66.2 Å². The Balaban J connectivity index is 1.43. The lowest BCUT2D eigenvalue weighted by Crippen LogP contribution is -2.53. The van der Waals surface area contributed by atoms with Crippen molar-refractivity contribution < 1.29 is 14.3 Å². The van der Waals surface area contributed by atoms with Crippen LogP contribution >= 0.6 is 0 Å². The lowest BCUT2D eigenvalue weighted by molar-refractivity contribution is -0.133. The fourth-order valence-electron chi connectivity index (χ4n) is 5.63. The average molecular weight is 470 g/mol. The highest BCUT2D eigenvalue weighted by molar-refractivity contribution is 6.08. The molecule has 8 heteroatoms. The zero-order chi connectivity index (χ0) is 24.2. The summed E-state index contributed by atoms with van der Waals surface area (Å²) in [5, 5.41) is 1.03. The molecule has 0 radical (unpaired) electrons. The van der Waals surface area contributed by atoms with Crippen LogP contribution in [-0.2, 0) is 17.8 Å². The molecular weight excluding hydrogens is 442 g/mol. The highest BCUT2D eigenvalue weighted by atomic mass is 16.5. The molecular formula is C27H27N5O3. The molecule has 4 heterocycles. The van der Waals surface area contributed by atoms with Crippen LogP contribution in [0.1, 0.15) is 36.2 Å². The van der Waals surface area contributed by atoms with Gasteiger partial charge in [-0.3, -0.25) is 14.6 Å². The van der Waals surface area contributed by atoms with Crippen LogP contribution < -0.4 is 4.74 Å². The van der Waals surface area contributed by atoms with Gasteiger partial charge in [-0.2, -0.15) is 0 Å². The Labute approximate surface area is 203 Å². The molecule has 1 N–H and O–H groups in total. The monoisotopic (exact) mass is 469 g/mol. The van der Waals surface area contributed by atoms with Crippen LogP contribution in [0.25, 0.3) is 10.9 Å². The summed E-state index contributed by atoms with van der Waals surface area (Å²) in [6, 6.07) is 15.2. The van der Waals surface area contributed by atoms with E-state index < -0.39 is 11.6 Å². The molecule has 35 heavy (non-hydrogen) atoms. The van der Waals surface area contributed by atoms with Gasteiger partial charge in [0, 0.05) is 48.5 Å². The number of hydrogen-bond acceptors (Lipinski definition) is 4. The fourth-order valence-corrected chi connectivity index (χ4v) is 5.63. The number of carbonyl (C=O) groups excluding carboxylic acids is 2. The second-order valence-electron chi connectivity index (χ2n) is 9.46. The average Bonchev–Trinajstić information content (AvgIpc) is 3.56. The minimum Gasteiger partial charge on any atom is -0.497 e. The molecule has 3 amide bonds. The van der Waals surface area contributed by atoms with Crippen molar-refractivity contribution in [2.75, 3.05) is 13.7 Å². The predicted molar refractivity (Wildman–Crippen MR) is 131 cm³/mol. The van der Waals surface area contributed by atoms with E-state index in [2.05, 4.69) is 9.97 Å². The summed E-state index contributed by atoms with van der Waals surface area (Å²) in [7, 11) is 1.65. The van der Waals surface area contributed by atoms with Crippen LogP contribution in [0.2, 0.25) is 0 Å². The topological polar surface area (TPSA) is 83.5 Å². The SMILES string of the molecule is COc1ccc2[nH]c3c(c2c1)C[C@@]1(C)C(=O)N(CCCn2ccnc2)C(=O)N1[C@@H]3c1ccccc1. The Morgan fingerprint density at radius 3 is 2.71 bits per heavy atom. The van der Waals surface area contributed by atoms with Crippen LogP contribution in [-0.4, -0.2) is 55.5 Å². The molecule has 1 fully saturated rings. The van der Waals surface area contributed by atoms with Gasteiger partial charge >= 0.3 is 6.03 Å². The molecule has 2 aromatic carbocycles. The van der Waals surface area contributed by atoms with Crippen molar-refractivity contribution in [3.63, 3.8) is 0 Å². The second-order valence-corrected chi connectivity index (χ2v) is 9.46. The van der Waals surface area contributed by atoms with Gasteiger partial charge in [0.25, 0.3) is 5.91 Å². The first-order valence-electron chi connectivity index (χ1n) is 11.9. The number of nitrogens with one attached hydrogen (secondary N) is 1. The molecule has 2 atom stereocenters. The molecule has 8 nitrogen and oxygen atoms in total. The van der Waals surface area contributed by atoms with E-state index in [1.54, 1.807) is 24.5 Å². The number of H-pyrrole nitrogens is 1. The lowest BCUT2D eigenvalue weighted by Gasteiger charge is -2.42. The van der Waals surface area contributed by atoms with E-state index in [-0.39, 0.29) is 11.9 Å². The standard InChI is InChI=1S/C27H27N5O3/c1-27-16-21-20-15-19(35-2)9-10-22(20)29-23(21)24(18-7-4-3-5-8-18)32(27)26(34)31(25(27)33)13-6-12-30-14-11-28-17-30/h3-5,7-11,14-15,17,24,29H,6,12-13,16H2,1-2H3/t24-,27+/m1/s1. The summed E-state index contributed by atoms with van der Waals surface area (Å²) in [5.41, 5.74) is 2.99. The maximum absolute atomic E-state index is 13.8. The van der Waals surface area contributed by atoms with Crippen molar-refractivity contribution in [1.82, 2.24) is 24.3 Å². The van der Waals surface area contributed by atoms with E-state index in [1.165, 1.54) is 4.90 Å². The number of carbonyl (C=O) groups is 2. The number of aromatic nitrogens is 3. The molecule has 4 aromatic rings. The Morgan fingerprint density at radius 1 is 1.14 bits per heavy atom. The molecule has 1 saturated heterocycles. The molecule has 178 valence electrons. The molecule has 0 saturated carbocycles. The number of methoxy groups -OCH3 is 1. The quantitative estimate of drug-likeness (QED) is 0.431. The van der Waals surface area contributed by atoms with E-state index >= 15 is 0 Å². The number of nitrogens with zero attached hydrogens (tertiary/aromatic N) is 4. The Bertz CT molecular complexity index is 1410. The second kappa shape index (κ2) is 8.01. The summed E-state index contributed by atoms with van der Waals surface area (Å²) in [5.74, 6) is 0.620. The summed E-state index contributed by atoms with van der Waals surface area (Å²) in [6.07, 6.45) is 6.47. The van der Waals surface area contributed by atoms with Gasteiger partial charge in [-0.05, 0) is 42.7 Å². The first kappa shape index (κ1) is 21.5. The molecule has 2 aliphatic rings. The molecule has 0 bridgehead atoms. The van der Waals surface area contributed by atoms with Gasteiger partial charge < -0.3 is 14.3 Å². The summed E-state index contributed by atoms with van der Waals surface area (Å²) in [4.78, 5) is 38.5. The highest BCUT2D eigenvalue weighted by Crippen LogP contribution is 2.49. The third-order valence-electron chi connectivity index (χ3n) is 7.35. The highest BCUT2D eigenvalue weighted by Gasteiger charge is 2.59. The van der Waals surface area contributed by atoms with E-state index in [9.17, 15) is 9.59 Å². The smallest absolute Gasteiger partial charge is 0.328 e. The first-order valence-corrected chi connectivity index (χ1v) is 11.9. The number of imide groups is 1. The lowest BCUT2D eigenvalue weighted by atomic mass is 9.81. The first-order chi connectivity index (χ1) is 17.0. The zero-order valence-electron chi connectivity index (χ0n) is 19.8. The van der Waals surface area contributed by atoms with E-state index in [4.69, 9.17) is 4.74 Å². The Kier molecular flexibility index (Phi) is 4.91. The Hall–Kier alpha value is -4.07. The Morgan fingerprint density at radius 2 is 1.97 bits per heavy atom. The molecule has 2 aliphatic heterocycles. The minimum absolute atomic E-state index is 0.142. The number of fused-ring (bicyclic) bond motifs is 4. The number of ether oxygens (including phenoxy) is 1. The fraction of sp³-hybridized carbons (Fsp3) is 0.296. The van der Waals surface area contributed by atoms with E-state index in [0.29, 0.717) is 25.9 Å². The van der Waals surface area contributed by atoms with Crippen molar-refractivity contribution in [3.05, 3.63) is 84.1 Å². The van der Waals surface area contributed by atoms with Gasteiger partial charge in [-0.25, -0.2) is 9.78 Å². The van der Waals surface area contributed by atoms with Crippen molar-refractivity contribution in [1.29, 1.82) is 0 Å². The molecule has 2 aromatic heterocycles. The van der Waals surface area contributed by atoms with Gasteiger partial charge in [0.2, 0.25) is 0 Å². The molecule has 0 aliphatic carbocycles. The molecule has 0 unspecified atom stereocenters. The maximum Gasteiger partial charge on any atom is 0.328 e. The summed E-state index contributed by atoms with van der Waals surface area (Å²) in [6.45, 7) is 2.96. The largest absolute Gasteiger partial charge is 0.497 e. The number of rotatable bonds is 6. The number of urea groups is 1. The van der Waals surface area contributed by atoms with Crippen LogP contribution in [0, 0.1) is 0 Å². The van der Waals surface area contributed by atoms with Crippen LogP contribution in [0.15, 0.2) is 67.3 Å². The van der Waals surface area contributed by atoms with Gasteiger partial charge in [0.15, 0.2) is 0 Å². The van der Waals surface area contributed by atoms with Crippen molar-refractivity contribution in [2.24, 2.45) is 0 Å². The zero-order valence-corrected chi connectivity index (χ0v) is 19.8. The predicted octanol–water partition coefficient (Wildman–Crippen LogP) is 4.13.